The molecule has 0 amide bonds. The van der Waals surface area contributed by atoms with E-state index in [9.17, 15) is 0 Å². The summed E-state index contributed by atoms with van der Waals surface area (Å²) in [6, 6.07) is 6.24. The van der Waals surface area contributed by atoms with E-state index in [0.717, 1.165) is 16.6 Å². The lowest BCUT2D eigenvalue weighted by molar-refractivity contribution is 0.779. The van der Waals surface area contributed by atoms with Gasteiger partial charge in [0.1, 0.15) is 5.65 Å². The standard InChI is InChI=1S/C15H21N3S/c1-15(2,3)19(4,5)18-11-12(8-9-16)13-7-6-10-17-14(13)18/h6-7,10-11H,8H2,1-5H3. The van der Waals surface area contributed by atoms with Crippen molar-refractivity contribution in [2.24, 2.45) is 0 Å². The van der Waals surface area contributed by atoms with Gasteiger partial charge in [-0.05, 0) is 30.2 Å². The molecular formula is C15H21N3S. The van der Waals surface area contributed by atoms with E-state index in [2.05, 4.69) is 60.6 Å². The van der Waals surface area contributed by atoms with Crippen molar-refractivity contribution in [3.8, 4) is 6.07 Å². The van der Waals surface area contributed by atoms with E-state index < -0.39 is 10.2 Å². The summed E-state index contributed by atoms with van der Waals surface area (Å²) in [5, 5.41) is 10.1. The van der Waals surface area contributed by atoms with Crippen molar-refractivity contribution in [1.29, 1.82) is 5.26 Å². The van der Waals surface area contributed by atoms with Gasteiger partial charge in [0.25, 0.3) is 0 Å². The second-order valence-corrected chi connectivity index (χ2v) is 10.2. The number of rotatable bonds is 2. The zero-order valence-corrected chi connectivity index (χ0v) is 13.1. The van der Waals surface area contributed by atoms with E-state index in [1.165, 1.54) is 0 Å². The monoisotopic (exact) mass is 275 g/mol. The van der Waals surface area contributed by atoms with Gasteiger partial charge in [0.15, 0.2) is 0 Å². The molecular weight excluding hydrogens is 254 g/mol. The number of fused-ring (bicyclic) bond motifs is 1. The van der Waals surface area contributed by atoms with Crippen LogP contribution in [-0.4, -0.2) is 26.2 Å². The summed E-state index contributed by atoms with van der Waals surface area (Å²) < 4.78 is 2.48. The SMILES string of the molecule is CC(C)(C)S(C)(C)n1cc(CC#N)c2cccnc21. The van der Waals surface area contributed by atoms with Crippen LogP contribution in [0.3, 0.4) is 0 Å². The van der Waals surface area contributed by atoms with Crippen LogP contribution >= 0.6 is 10.2 Å². The highest BCUT2D eigenvalue weighted by molar-refractivity contribution is 8.32. The highest BCUT2D eigenvalue weighted by atomic mass is 32.3. The van der Waals surface area contributed by atoms with Gasteiger partial charge in [-0.2, -0.15) is 15.5 Å². The first-order valence-electron chi connectivity index (χ1n) is 6.34. The lowest BCUT2D eigenvalue weighted by Gasteiger charge is -2.45. The summed E-state index contributed by atoms with van der Waals surface area (Å²) in [5.41, 5.74) is 2.08. The molecule has 0 aliphatic rings. The zero-order valence-electron chi connectivity index (χ0n) is 12.3. The maximum absolute atomic E-state index is 8.98. The fourth-order valence-corrected chi connectivity index (χ4v) is 3.52. The number of nitriles is 1. The van der Waals surface area contributed by atoms with Crippen molar-refractivity contribution in [3.63, 3.8) is 0 Å². The predicted molar refractivity (Wildman–Crippen MR) is 83.6 cm³/mol. The Morgan fingerprint density at radius 2 is 2.05 bits per heavy atom. The molecule has 0 unspecified atom stereocenters. The smallest absolute Gasteiger partial charge is 0.148 e. The number of hydrogen-bond donors (Lipinski definition) is 0. The van der Waals surface area contributed by atoms with E-state index in [0.29, 0.717) is 6.42 Å². The Morgan fingerprint density at radius 3 is 2.63 bits per heavy atom. The number of pyridine rings is 1. The molecule has 2 rings (SSSR count). The topological polar surface area (TPSA) is 41.6 Å². The van der Waals surface area contributed by atoms with Crippen LogP contribution in [0.4, 0.5) is 0 Å². The van der Waals surface area contributed by atoms with Crippen molar-refractivity contribution >= 4 is 21.2 Å². The van der Waals surface area contributed by atoms with Gasteiger partial charge in [-0.25, -0.2) is 4.98 Å². The average molecular weight is 275 g/mol. The van der Waals surface area contributed by atoms with Crippen molar-refractivity contribution in [1.82, 2.24) is 8.96 Å². The second-order valence-electron chi connectivity index (χ2n) is 6.07. The molecule has 0 aromatic carbocycles. The summed E-state index contributed by atoms with van der Waals surface area (Å²) >= 11 is 0. The molecule has 0 fully saturated rings. The molecule has 0 aliphatic heterocycles. The maximum atomic E-state index is 8.98. The minimum atomic E-state index is -1.06. The van der Waals surface area contributed by atoms with Crippen LogP contribution in [-0.2, 0) is 6.42 Å². The molecule has 0 atom stereocenters. The van der Waals surface area contributed by atoms with E-state index in [1.54, 1.807) is 0 Å². The Morgan fingerprint density at radius 1 is 1.37 bits per heavy atom. The molecule has 0 aliphatic carbocycles. The Bertz CT molecular complexity index is 641. The van der Waals surface area contributed by atoms with E-state index in [4.69, 9.17) is 5.26 Å². The first-order valence-corrected chi connectivity index (χ1v) is 8.75. The van der Waals surface area contributed by atoms with Crippen molar-refractivity contribution in [3.05, 3.63) is 30.1 Å². The minimum Gasteiger partial charge on any atom is -0.294 e. The quantitative estimate of drug-likeness (QED) is 0.838. The van der Waals surface area contributed by atoms with Crippen LogP contribution in [0, 0.1) is 11.3 Å². The third-order valence-corrected chi connectivity index (χ3v) is 8.13. The molecule has 0 radical (unpaired) electrons. The molecule has 2 aromatic rings. The maximum Gasteiger partial charge on any atom is 0.148 e. The van der Waals surface area contributed by atoms with Crippen LogP contribution in [0.2, 0.25) is 0 Å². The molecule has 0 saturated heterocycles. The minimum absolute atomic E-state index is 0.181. The molecule has 102 valence electrons. The lowest BCUT2D eigenvalue weighted by Crippen LogP contribution is -2.28. The fraction of sp³-hybridized carbons (Fsp3) is 0.467. The Kier molecular flexibility index (Phi) is 3.36. The average Bonchev–Trinajstić information content (AvgIpc) is 2.68. The van der Waals surface area contributed by atoms with Gasteiger partial charge in [0.05, 0.1) is 12.5 Å². The van der Waals surface area contributed by atoms with Gasteiger partial charge in [-0.3, -0.25) is 3.97 Å². The van der Waals surface area contributed by atoms with Gasteiger partial charge in [0, 0.05) is 22.5 Å². The van der Waals surface area contributed by atoms with Gasteiger partial charge < -0.3 is 0 Å². The largest absolute Gasteiger partial charge is 0.294 e. The van der Waals surface area contributed by atoms with E-state index in [1.807, 2.05) is 12.3 Å². The first-order chi connectivity index (χ1) is 8.79. The summed E-state index contributed by atoms with van der Waals surface area (Å²) in [7, 11) is -1.06. The van der Waals surface area contributed by atoms with Crippen LogP contribution < -0.4 is 0 Å². The highest BCUT2D eigenvalue weighted by Gasteiger charge is 2.31. The predicted octanol–water partition coefficient (Wildman–Crippen LogP) is 3.73. The van der Waals surface area contributed by atoms with Gasteiger partial charge >= 0.3 is 0 Å². The molecule has 0 spiro atoms. The van der Waals surface area contributed by atoms with Crippen molar-refractivity contribution in [2.45, 2.75) is 31.9 Å². The summed E-state index contributed by atoms with van der Waals surface area (Å²) in [5.74, 6) is 0. The van der Waals surface area contributed by atoms with Crippen LogP contribution in [0.15, 0.2) is 24.5 Å². The van der Waals surface area contributed by atoms with Gasteiger partial charge in [-0.1, -0.05) is 20.8 Å². The van der Waals surface area contributed by atoms with Crippen LogP contribution in [0.1, 0.15) is 26.3 Å². The number of aromatic nitrogens is 2. The Balaban J connectivity index is 2.72. The number of nitrogens with zero attached hydrogens (tertiary/aromatic N) is 3. The van der Waals surface area contributed by atoms with Gasteiger partial charge in [0.2, 0.25) is 0 Å². The molecule has 19 heavy (non-hydrogen) atoms. The first kappa shape index (κ1) is 14.0. The third kappa shape index (κ3) is 2.23. The van der Waals surface area contributed by atoms with Crippen LogP contribution in [0.25, 0.3) is 11.0 Å². The lowest BCUT2D eigenvalue weighted by atomic mass is 10.2. The second kappa shape index (κ2) is 4.57. The van der Waals surface area contributed by atoms with Crippen molar-refractivity contribution < 1.29 is 0 Å². The Labute approximate surface area is 116 Å². The normalized spacial score (nSPS) is 13.5. The molecule has 0 saturated carbocycles. The summed E-state index contributed by atoms with van der Waals surface area (Å²) in [4.78, 5) is 4.54. The molecule has 2 heterocycles. The van der Waals surface area contributed by atoms with E-state index in [-0.39, 0.29) is 4.75 Å². The van der Waals surface area contributed by atoms with E-state index >= 15 is 0 Å². The van der Waals surface area contributed by atoms with Crippen LogP contribution in [0.5, 0.6) is 0 Å². The fourth-order valence-electron chi connectivity index (χ4n) is 1.96. The zero-order chi connectivity index (χ0) is 14.3. The summed E-state index contributed by atoms with van der Waals surface area (Å²) in [6.07, 6.45) is 9.00. The summed E-state index contributed by atoms with van der Waals surface area (Å²) in [6.45, 7) is 6.79. The number of hydrogen-bond acceptors (Lipinski definition) is 2. The molecule has 0 N–H and O–H groups in total. The highest BCUT2D eigenvalue weighted by Crippen LogP contribution is 2.55. The molecule has 4 heteroatoms. The molecule has 0 bridgehead atoms. The third-order valence-electron chi connectivity index (χ3n) is 3.87. The molecule has 3 nitrogen and oxygen atoms in total. The van der Waals surface area contributed by atoms with Gasteiger partial charge in [-0.15, -0.1) is 0 Å². The molecule has 2 aromatic heterocycles. The Hall–Kier alpha value is -1.47. The van der Waals surface area contributed by atoms with Crippen molar-refractivity contribution in [2.75, 3.05) is 12.5 Å².